The molecule has 0 radical (unpaired) electrons. The zero-order valence-corrected chi connectivity index (χ0v) is 31.3. The SMILES string of the molecule is COc1ccc(S(=O)(=O)N2CCN(C(=O)c3ccc(-c4ccccc4)cc3)CC2C(=O)N2CCN(C(c3ccccc3)c3ccccc3)CC2)cc1OC. The average Bonchev–Trinajstić information content (AvgIpc) is 3.24. The third kappa shape index (κ3) is 7.61. The van der Waals surface area contributed by atoms with Gasteiger partial charge in [-0.05, 0) is 46.5 Å². The van der Waals surface area contributed by atoms with Crippen LogP contribution in [-0.2, 0) is 14.8 Å². The Morgan fingerprint density at radius 3 is 1.72 bits per heavy atom. The number of ether oxygens (including phenoxy) is 2. The van der Waals surface area contributed by atoms with Gasteiger partial charge in [0.1, 0.15) is 6.04 Å². The summed E-state index contributed by atoms with van der Waals surface area (Å²) in [5, 5.41) is 0. The Bertz CT molecular complexity index is 2120. The number of carbonyl (C=O) groups excluding carboxylic acids is 2. The van der Waals surface area contributed by atoms with E-state index in [4.69, 9.17) is 9.47 Å². The fourth-order valence-corrected chi connectivity index (χ4v) is 9.05. The third-order valence-electron chi connectivity index (χ3n) is 10.3. The molecular formula is C43H44N4O6S. The van der Waals surface area contributed by atoms with E-state index in [1.807, 2.05) is 78.9 Å². The lowest BCUT2D eigenvalue weighted by Gasteiger charge is -2.44. The van der Waals surface area contributed by atoms with E-state index in [-0.39, 0.29) is 48.1 Å². The number of sulfonamides is 1. The van der Waals surface area contributed by atoms with Gasteiger partial charge in [0.05, 0.1) is 25.2 Å². The lowest BCUT2D eigenvalue weighted by molar-refractivity contribution is -0.138. The number of nitrogens with zero attached hydrogens (tertiary/aromatic N) is 4. The summed E-state index contributed by atoms with van der Waals surface area (Å²) in [5.41, 5.74) is 4.81. The Morgan fingerprint density at radius 2 is 1.15 bits per heavy atom. The molecule has 54 heavy (non-hydrogen) atoms. The highest BCUT2D eigenvalue weighted by Crippen LogP contribution is 2.33. The first-order chi connectivity index (χ1) is 26.3. The summed E-state index contributed by atoms with van der Waals surface area (Å²) in [6, 6.07) is 41.2. The second kappa shape index (κ2) is 16.3. The van der Waals surface area contributed by atoms with Crippen LogP contribution in [-0.4, -0.2) is 105 Å². The number of hydrogen-bond acceptors (Lipinski definition) is 7. The summed E-state index contributed by atoms with van der Waals surface area (Å²) in [4.78, 5) is 34.2. The number of amides is 2. The van der Waals surface area contributed by atoms with Gasteiger partial charge in [-0.2, -0.15) is 4.31 Å². The van der Waals surface area contributed by atoms with Gasteiger partial charge in [0.15, 0.2) is 11.5 Å². The van der Waals surface area contributed by atoms with Crippen molar-refractivity contribution in [3.8, 4) is 22.6 Å². The minimum atomic E-state index is -4.20. The molecule has 1 unspecified atom stereocenters. The first kappa shape index (κ1) is 36.9. The maximum absolute atomic E-state index is 14.6. The largest absolute Gasteiger partial charge is 0.493 e. The predicted molar refractivity (Wildman–Crippen MR) is 208 cm³/mol. The minimum absolute atomic E-state index is 0.00246. The minimum Gasteiger partial charge on any atom is -0.493 e. The van der Waals surface area contributed by atoms with Crippen LogP contribution in [0.1, 0.15) is 27.5 Å². The van der Waals surface area contributed by atoms with Gasteiger partial charge in [0.25, 0.3) is 5.91 Å². The molecule has 5 aromatic rings. The van der Waals surface area contributed by atoms with E-state index in [1.54, 1.807) is 21.9 Å². The molecule has 0 N–H and O–H groups in total. The van der Waals surface area contributed by atoms with Gasteiger partial charge in [-0.1, -0.05) is 103 Å². The van der Waals surface area contributed by atoms with Crippen LogP contribution >= 0.6 is 0 Å². The van der Waals surface area contributed by atoms with E-state index < -0.39 is 16.1 Å². The van der Waals surface area contributed by atoms with Crippen molar-refractivity contribution in [2.24, 2.45) is 0 Å². The number of piperazine rings is 2. The smallest absolute Gasteiger partial charge is 0.253 e. The molecule has 0 spiro atoms. The number of methoxy groups -OCH3 is 2. The van der Waals surface area contributed by atoms with E-state index >= 15 is 0 Å². The monoisotopic (exact) mass is 744 g/mol. The van der Waals surface area contributed by atoms with Crippen LogP contribution < -0.4 is 9.47 Å². The summed E-state index contributed by atoms with van der Waals surface area (Å²) < 4.78 is 40.8. The molecule has 2 aliphatic rings. The molecule has 2 aliphatic heterocycles. The van der Waals surface area contributed by atoms with E-state index in [2.05, 4.69) is 29.2 Å². The topological polar surface area (TPSA) is 99.7 Å². The summed E-state index contributed by atoms with van der Waals surface area (Å²) in [6.07, 6.45) is 0. The second-order valence-corrected chi connectivity index (χ2v) is 15.3. The van der Waals surface area contributed by atoms with Crippen LogP contribution in [0.3, 0.4) is 0 Å². The van der Waals surface area contributed by atoms with Gasteiger partial charge in [0, 0.05) is 57.4 Å². The van der Waals surface area contributed by atoms with Gasteiger partial charge < -0.3 is 19.3 Å². The molecule has 0 aromatic heterocycles. The molecule has 0 aliphatic carbocycles. The molecular weight excluding hydrogens is 701 g/mol. The predicted octanol–water partition coefficient (Wildman–Crippen LogP) is 5.82. The fraction of sp³-hybridized carbons (Fsp3) is 0.256. The van der Waals surface area contributed by atoms with Crippen molar-refractivity contribution < 1.29 is 27.5 Å². The molecule has 7 rings (SSSR count). The highest BCUT2D eigenvalue weighted by molar-refractivity contribution is 7.89. The molecule has 0 bridgehead atoms. The van der Waals surface area contributed by atoms with Crippen LogP contribution in [0.5, 0.6) is 11.5 Å². The van der Waals surface area contributed by atoms with Gasteiger partial charge in [0.2, 0.25) is 15.9 Å². The normalized spacial score (nSPS) is 17.0. The van der Waals surface area contributed by atoms with Gasteiger partial charge in [-0.25, -0.2) is 8.42 Å². The molecule has 10 nitrogen and oxygen atoms in total. The highest BCUT2D eigenvalue weighted by atomic mass is 32.2. The Kier molecular flexibility index (Phi) is 11.1. The fourth-order valence-electron chi connectivity index (χ4n) is 7.47. The second-order valence-electron chi connectivity index (χ2n) is 13.4. The standard InChI is InChI=1S/C43H44N4O6S/c1-52-39-23-22-37(30-40(39)53-2)54(50,51)47-29-28-46(42(48)36-20-18-33(19-21-36)32-12-6-3-7-13-32)31-38(47)43(49)45-26-24-44(25-27-45)41(34-14-8-4-9-15-34)35-16-10-5-11-17-35/h3-23,30,38,41H,24-29,31H2,1-2H3. The maximum Gasteiger partial charge on any atom is 0.253 e. The first-order valence-electron chi connectivity index (χ1n) is 18.1. The summed E-state index contributed by atoms with van der Waals surface area (Å²) in [7, 11) is -1.28. The van der Waals surface area contributed by atoms with E-state index in [0.717, 1.165) is 22.3 Å². The van der Waals surface area contributed by atoms with Crippen LogP contribution in [0.2, 0.25) is 0 Å². The Labute approximate surface area is 317 Å². The van der Waals surface area contributed by atoms with Gasteiger partial charge in [-0.15, -0.1) is 0 Å². The van der Waals surface area contributed by atoms with Gasteiger partial charge >= 0.3 is 0 Å². The van der Waals surface area contributed by atoms with Crippen molar-refractivity contribution >= 4 is 21.8 Å². The van der Waals surface area contributed by atoms with Crippen molar-refractivity contribution in [3.63, 3.8) is 0 Å². The maximum atomic E-state index is 14.6. The molecule has 278 valence electrons. The van der Waals surface area contributed by atoms with E-state index in [9.17, 15) is 18.0 Å². The molecule has 1 atom stereocenters. The summed E-state index contributed by atoms with van der Waals surface area (Å²) in [5.74, 6) is 0.0669. The lowest BCUT2D eigenvalue weighted by Crippen LogP contribution is -2.63. The molecule has 5 aromatic carbocycles. The summed E-state index contributed by atoms with van der Waals surface area (Å²) >= 11 is 0. The first-order valence-corrected chi connectivity index (χ1v) is 19.5. The molecule has 2 amide bonds. The molecule has 0 saturated carbocycles. The number of carbonyl (C=O) groups is 2. The van der Waals surface area contributed by atoms with Crippen LogP contribution in [0.25, 0.3) is 11.1 Å². The number of benzene rings is 5. The van der Waals surface area contributed by atoms with Crippen molar-refractivity contribution in [2.75, 3.05) is 60.0 Å². The molecule has 2 fully saturated rings. The number of rotatable bonds is 10. The van der Waals surface area contributed by atoms with Crippen molar-refractivity contribution in [1.82, 2.24) is 19.0 Å². The van der Waals surface area contributed by atoms with Crippen molar-refractivity contribution in [2.45, 2.75) is 17.0 Å². The average molecular weight is 745 g/mol. The number of hydrogen-bond donors (Lipinski definition) is 0. The molecule has 11 heteroatoms. The van der Waals surface area contributed by atoms with Crippen LogP contribution in [0.15, 0.2) is 138 Å². The van der Waals surface area contributed by atoms with Crippen LogP contribution in [0, 0.1) is 0 Å². The molecule has 2 saturated heterocycles. The Hall–Kier alpha value is -5.49. The zero-order valence-electron chi connectivity index (χ0n) is 30.5. The third-order valence-corrected chi connectivity index (χ3v) is 12.2. The summed E-state index contributed by atoms with van der Waals surface area (Å²) in [6.45, 7) is 1.98. The van der Waals surface area contributed by atoms with Crippen LogP contribution in [0.4, 0.5) is 0 Å². The van der Waals surface area contributed by atoms with E-state index in [0.29, 0.717) is 37.5 Å². The van der Waals surface area contributed by atoms with Gasteiger partial charge in [-0.3, -0.25) is 14.5 Å². The lowest BCUT2D eigenvalue weighted by atomic mass is 9.96. The van der Waals surface area contributed by atoms with Crippen molar-refractivity contribution in [3.05, 3.63) is 150 Å². The Balaban J connectivity index is 1.14. The zero-order chi connectivity index (χ0) is 37.7. The van der Waals surface area contributed by atoms with E-state index in [1.165, 1.54) is 36.7 Å². The highest BCUT2D eigenvalue weighted by Gasteiger charge is 2.44. The Morgan fingerprint density at radius 1 is 0.611 bits per heavy atom. The van der Waals surface area contributed by atoms with Crippen molar-refractivity contribution in [1.29, 1.82) is 0 Å². The quantitative estimate of drug-likeness (QED) is 0.178. The molecule has 2 heterocycles.